The molecule has 3 heteroatoms. The fraction of sp³-hybridized carbons (Fsp3) is 0.500. The first-order valence-electron chi connectivity index (χ1n) is 8.03. The fourth-order valence-corrected chi connectivity index (χ4v) is 3.36. The zero-order valence-corrected chi connectivity index (χ0v) is 12.9. The Morgan fingerprint density at radius 3 is 2.76 bits per heavy atom. The number of aromatic nitrogens is 1. The summed E-state index contributed by atoms with van der Waals surface area (Å²) in [6.45, 7) is 5.23. The molecular formula is C18H24N2O. The van der Waals surface area contributed by atoms with Crippen LogP contribution in [0.4, 0.5) is 0 Å². The van der Waals surface area contributed by atoms with Gasteiger partial charge in [-0.2, -0.15) is 0 Å². The van der Waals surface area contributed by atoms with Crippen molar-refractivity contribution in [1.82, 2.24) is 9.88 Å². The molecule has 1 aliphatic carbocycles. The van der Waals surface area contributed by atoms with Crippen LogP contribution in [0, 0.1) is 5.92 Å². The Hall–Kier alpha value is -1.77. The van der Waals surface area contributed by atoms with Crippen LogP contribution in [0.15, 0.2) is 30.5 Å². The van der Waals surface area contributed by atoms with Gasteiger partial charge in [-0.15, -0.1) is 0 Å². The Balaban J connectivity index is 1.87. The average molecular weight is 284 g/mol. The Morgan fingerprint density at radius 1 is 1.29 bits per heavy atom. The fourth-order valence-electron chi connectivity index (χ4n) is 3.36. The zero-order valence-electron chi connectivity index (χ0n) is 12.9. The molecule has 0 radical (unpaired) electrons. The third-order valence-corrected chi connectivity index (χ3v) is 4.39. The van der Waals surface area contributed by atoms with Crippen molar-refractivity contribution in [3.63, 3.8) is 0 Å². The second-order valence-electron chi connectivity index (χ2n) is 6.57. The summed E-state index contributed by atoms with van der Waals surface area (Å²) in [6.07, 6.45) is 6.74. The van der Waals surface area contributed by atoms with Gasteiger partial charge in [-0.25, -0.2) is 0 Å². The molecule has 1 N–H and O–H groups in total. The zero-order chi connectivity index (χ0) is 14.8. The van der Waals surface area contributed by atoms with Crippen LogP contribution in [0.1, 0.15) is 49.9 Å². The number of rotatable bonds is 4. The van der Waals surface area contributed by atoms with Gasteiger partial charge in [0.25, 0.3) is 5.91 Å². The molecule has 21 heavy (non-hydrogen) atoms. The van der Waals surface area contributed by atoms with E-state index in [1.807, 2.05) is 30.5 Å². The van der Waals surface area contributed by atoms with Crippen LogP contribution in [-0.4, -0.2) is 28.4 Å². The number of carbonyl (C=O) groups is 1. The molecule has 1 aromatic heterocycles. The summed E-state index contributed by atoms with van der Waals surface area (Å²) >= 11 is 0. The molecule has 0 unspecified atom stereocenters. The van der Waals surface area contributed by atoms with Crippen molar-refractivity contribution in [3.05, 3.63) is 36.0 Å². The number of carbonyl (C=O) groups excluding carboxylic acids is 1. The molecule has 0 spiro atoms. The number of benzene rings is 1. The van der Waals surface area contributed by atoms with Crippen molar-refractivity contribution in [3.8, 4) is 0 Å². The Kier molecular flexibility index (Phi) is 4.00. The highest BCUT2D eigenvalue weighted by molar-refractivity contribution is 5.98. The SMILES string of the molecule is CC(C)CN(C(=O)c1ccc2[nH]ccc2c1)C1CCCC1. The average Bonchev–Trinajstić information content (AvgIpc) is 3.13. The van der Waals surface area contributed by atoms with Crippen LogP contribution in [0.2, 0.25) is 0 Å². The Bertz CT molecular complexity index is 623. The van der Waals surface area contributed by atoms with Crippen molar-refractivity contribution in [2.45, 2.75) is 45.6 Å². The highest BCUT2D eigenvalue weighted by atomic mass is 16.2. The van der Waals surface area contributed by atoms with E-state index in [1.165, 1.54) is 12.8 Å². The van der Waals surface area contributed by atoms with Gasteiger partial charge < -0.3 is 9.88 Å². The van der Waals surface area contributed by atoms with E-state index in [0.29, 0.717) is 12.0 Å². The highest BCUT2D eigenvalue weighted by Gasteiger charge is 2.27. The second kappa shape index (κ2) is 5.92. The summed E-state index contributed by atoms with van der Waals surface area (Å²) in [6, 6.07) is 8.42. The molecule has 2 aromatic rings. The number of aromatic amines is 1. The van der Waals surface area contributed by atoms with Gasteiger partial charge in [0.05, 0.1) is 0 Å². The lowest BCUT2D eigenvalue weighted by atomic mass is 10.1. The summed E-state index contributed by atoms with van der Waals surface area (Å²) in [5.41, 5.74) is 1.90. The minimum Gasteiger partial charge on any atom is -0.361 e. The molecule has 0 bridgehead atoms. The van der Waals surface area contributed by atoms with Gasteiger partial charge in [-0.3, -0.25) is 4.79 Å². The summed E-state index contributed by atoms with van der Waals surface area (Å²) in [7, 11) is 0. The number of fused-ring (bicyclic) bond motifs is 1. The minimum atomic E-state index is 0.193. The number of hydrogen-bond acceptors (Lipinski definition) is 1. The molecule has 1 aromatic carbocycles. The van der Waals surface area contributed by atoms with Gasteiger partial charge in [0, 0.05) is 35.2 Å². The van der Waals surface area contributed by atoms with Crippen molar-refractivity contribution >= 4 is 16.8 Å². The molecule has 0 aliphatic heterocycles. The van der Waals surface area contributed by atoms with Crippen molar-refractivity contribution < 1.29 is 4.79 Å². The minimum absolute atomic E-state index is 0.193. The van der Waals surface area contributed by atoms with Gasteiger partial charge in [-0.05, 0) is 43.0 Å². The van der Waals surface area contributed by atoms with Gasteiger partial charge in [0.2, 0.25) is 0 Å². The van der Waals surface area contributed by atoms with Gasteiger partial charge >= 0.3 is 0 Å². The lowest BCUT2D eigenvalue weighted by Crippen LogP contribution is -2.41. The molecule has 1 heterocycles. The molecule has 3 nitrogen and oxygen atoms in total. The topological polar surface area (TPSA) is 36.1 Å². The molecule has 1 saturated carbocycles. The van der Waals surface area contributed by atoms with E-state index in [9.17, 15) is 4.79 Å². The number of amides is 1. The lowest BCUT2D eigenvalue weighted by molar-refractivity contribution is 0.0655. The van der Waals surface area contributed by atoms with Crippen molar-refractivity contribution in [1.29, 1.82) is 0 Å². The maximum atomic E-state index is 12.9. The van der Waals surface area contributed by atoms with Crippen LogP contribution in [-0.2, 0) is 0 Å². The van der Waals surface area contributed by atoms with Crippen LogP contribution >= 0.6 is 0 Å². The van der Waals surface area contributed by atoms with E-state index in [1.54, 1.807) is 0 Å². The van der Waals surface area contributed by atoms with Crippen LogP contribution in [0.25, 0.3) is 10.9 Å². The van der Waals surface area contributed by atoms with Crippen LogP contribution in [0.3, 0.4) is 0 Å². The highest BCUT2D eigenvalue weighted by Crippen LogP contribution is 2.26. The van der Waals surface area contributed by atoms with E-state index in [2.05, 4.69) is 23.7 Å². The van der Waals surface area contributed by atoms with Crippen molar-refractivity contribution in [2.75, 3.05) is 6.54 Å². The molecule has 1 amide bonds. The summed E-state index contributed by atoms with van der Waals surface area (Å²) in [4.78, 5) is 18.2. The molecule has 1 fully saturated rings. The number of hydrogen-bond donors (Lipinski definition) is 1. The van der Waals surface area contributed by atoms with Crippen molar-refractivity contribution in [2.24, 2.45) is 5.92 Å². The van der Waals surface area contributed by atoms with E-state index < -0.39 is 0 Å². The van der Waals surface area contributed by atoms with Crippen LogP contribution < -0.4 is 0 Å². The van der Waals surface area contributed by atoms with E-state index in [4.69, 9.17) is 0 Å². The monoisotopic (exact) mass is 284 g/mol. The van der Waals surface area contributed by atoms with Crippen LogP contribution in [0.5, 0.6) is 0 Å². The van der Waals surface area contributed by atoms with Gasteiger partial charge in [-0.1, -0.05) is 26.7 Å². The molecular weight excluding hydrogens is 260 g/mol. The second-order valence-corrected chi connectivity index (χ2v) is 6.57. The number of nitrogens with one attached hydrogen (secondary N) is 1. The number of H-pyrrole nitrogens is 1. The summed E-state index contributed by atoms with van der Waals surface area (Å²) in [5, 5.41) is 1.11. The maximum absolute atomic E-state index is 12.9. The Labute approximate surface area is 126 Å². The normalized spacial score (nSPS) is 16.0. The Morgan fingerprint density at radius 2 is 2.05 bits per heavy atom. The number of nitrogens with zero attached hydrogens (tertiary/aromatic N) is 1. The smallest absolute Gasteiger partial charge is 0.254 e. The standard InChI is InChI=1S/C18H24N2O/c1-13(2)12-20(16-5-3-4-6-16)18(21)15-7-8-17-14(11-15)9-10-19-17/h7-11,13,16,19H,3-6,12H2,1-2H3. The first-order chi connectivity index (χ1) is 10.1. The quantitative estimate of drug-likeness (QED) is 0.897. The third-order valence-electron chi connectivity index (χ3n) is 4.39. The van der Waals surface area contributed by atoms with E-state index in [-0.39, 0.29) is 5.91 Å². The molecule has 112 valence electrons. The van der Waals surface area contributed by atoms with E-state index in [0.717, 1.165) is 35.9 Å². The van der Waals surface area contributed by atoms with Gasteiger partial charge in [0.15, 0.2) is 0 Å². The lowest BCUT2D eigenvalue weighted by Gasteiger charge is -2.30. The predicted octanol–water partition coefficient (Wildman–Crippen LogP) is 4.21. The molecule has 0 atom stereocenters. The molecule has 1 aliphatic rings. The molecule has 0 saturated heterocycles. The largest absolute Gasteiger partial charge is 0.361 e. The predicted molar refractivity (Wildman–Crippen MR) is 86.4 cm³/mol. The first-order valence-corrected chi connectivity index (χ1v) is 8.03. The summed E-state index contributed by atoms with van der Waals surface area (Å²) < 4.78 is 0. The first kappa shape index (κ1) is 14.2. The summed E-state index contributed by atoms with van der Waals surface area (Å²) in [5.74, 6) is 0.698. The molecule has 3 rings (SSSR count). The van der Waals surface area contributed by atoms with Gasteiger partial charge in [0.1, 0.15) is 0 Å². The third kappa shape index (κ3) is 2.97. The van der Waals surface area contributed by atoms with E-state index >= 15 is 0 Å². The maximum Gasteiger partial charge on any atom is 0.254 e.